The molecule has 1 aromatic rings. The number of nitrogens with zero attached hydrogens (tertiary/aromatic N) is 1. The monoisotopic (exact) mass is 471 g/mol. The Balaban J connectivity index is 2.07. The van der Waals surface area contributed by atoms with Gasteiger partial charge in [0.1, 0.15) is 0 Å². The Morgan fingerprint density at radius 3 is 2.65 bits per heavy atom. The van der Waals surface area contributed by atoms with Crippen molar-refractivity contribution in [3.05, 3.63) is 28.8 Å². The van der Waals surface area contributed by atoms with Gasteiger partial charge >= 0.3 is 0 Å². The Morgan fingerprint density at radius 2 is 1.97 bits per heavy atom. The molecule has 174 valence electrons. The van der Waals surface area contributed by atoms with Crippen molar-refractivity contribution in [2.24, 2.45) is 5.92 Å². The normalized spacial score (nSPS) is 17.1. The number of hydrogen-bond acceptors (Lipinski definition) is 4. The van der Waals surface area contributed by atoms with E-state index in [2.05, 4.69) is 17.0 Å². The van der Waals surface area contributed by atoms with Crippen LogP contribution in [0.4, 0.5) is 0 Å². The fraction of sp³-hybridized carbons (Fsp3) is 0.636. The number of carbonyl (C=O) groups is 2. The molecule has 31 heavy (non-hydrogen) atoms. The van der Waals surface area contributed by atoms with Gasteiger partial charge in [0.2, 0.25) is 15.9 Å². The molecule has 0 bridgehead atoms. The van der Waals surface area contributed by atoms with Crippen molar-refractivity contribution in [2.45, 2.75) is 70.2 Å². The molecular weight excluding hydrogens is 438 g/mol. The predicted octanol–water partition coefficient (Wildman–Crippen LogP) is 3.58. The summed E-state index contributed by atoms with van der Waals surface area (Å²) >= 11 is 6.23. The Labute approximate surface area is 191 Å². The van der Waals surface area contributed by atoms with Gasteiger partial charge in [-0.05, 0) is 51.3 Å². The maximum absolute atomic E-state index is 13.1. The molecular formula is C22H34ClN3O4S. The number of nitrogens with one attached hydrogen (secondary N) is 2. The van der Waals surface area contributed by atoms with E-state index in [1.807, 2.05) is 0 Å². The third-order valence-electron chi connectivity index (χ3n) is 5.28. The number of amides is 2. The number of rotatable bonds is 10. The van der Waals surface area contributed by atoms with E-state index in [1.54, 1.807) is 18.7 Å². The number of carbonyl (C=O) groups excluding carboxylic acids is 2. The first-order valence-corrected chi connectivity index (χ1v) is 12.9. The van der Waals surface area contributed by atoms with Gasteiger partial charge in [0, 0.05) is 25.7 Å². The SMILES string of the molecule is CCCCCCNC(=O)C1CCCN(C(=O)c2cc(S(=O)(=O)NC(C)C)ccc2Cl)C1. The average molecular weight is 472 g/mol. The Morgan fingerprint density at radius 1 is 1.23 bits per heavy atom. The number of benzene rings is 1. The molecule has 1 fully saturated rings. The Bertz CT molecular complexity index is 874. The van der Waals surface area contributed by atoms with Crippen molar-refractivity contribution >= 4 is 33.4 Å². The van der Waals surface area contributed by atoms with Crippen molar-refractivity contribution in [3.63, 3.8) is 0 Å². The number of halogens is 1. The van der Waals surface area contributed by atoms with E-state index in [4.69, 9.17) is 11.6 Å². The molecule has 2 N–H and O–H groups in total. The van der Waals surface area contributed by atoms with E-state index < -0.39 is 10.0 Å². The number of hydrogen-bond donors (Lipinski definition) is 2. The Hall–Kier alpha value is -1.64. The van der Waals surface area contributed by atoms with Gasteiger partial charge in [0.15, 0.2) is 0 Å². The summed E-state index contributed by atoms with van der Waals surface area (Å²) in [5, 5.41) is 3.17. The molecule has 2 amide bonds. The summed E-state index contributed by atoms with van der Waals surface area (Å²) < 4.78 is 27.5. The van der Waals surface area contributed by atoms with Crippen LogP contribution in [-0.2, 0) is 14.8 Å². The van der Waals surface area contributed by atoms with Crippen molar-refractivity contribution in [2.75, 3.05) is 19.6 Å². The van der Waals surface area contributed by atoms with Gasteiger partial charge in [-0.2, -0.15) is 0 Å². The molecule has 1 aromatic carbocycles. The molecule has 1 heterocycles. The molecule has 0 saturated carbocycles. The van der Waals surface area contributed by atoms with Crippen LogP contribution in [-0.4, -0.2) is 50.8 Å². The first-order chi connectivity index (χ1) is 14.7. The standard InChI is InChI=1S/C22H34ClN3O4S/c1-4-5-6-7-12-24-21(27)17-9-8-13-26(15-17)22(28)19-14-18(10-11-20(19)23)31(29,30)25-16(2)3/h10-11,14,16-17,25H,4-9,12-13,15H2,1-3H3,(H,24,27). The molecule has 1 saturated heterocycles. The molecule has 9 heteroatoms. The lowest BCUT2D eigenvalue weighted by atomic mass is 9.96. The third kappa shape index (κ3) is 7.47. The molecule has 0 aliphatic carbocycles. The summed E-state index contributed by atoms with van der Waals surface area (Å²) in [6, 6.07) is 3.85. The first kappa shape index (κ1) is 25.6. The van der Waals surface area contributed by atoms with Crippen LogP contribution >= 0.6 is 11.6 Å². The minimum absolute atomic E-state index is 0.00710. The zero-order valence-corrected chi connectivity index (χ0v) is 20.2. The summed E-state index contributed by atoms with van der Waals surface area (Å²) in [6.45, 7) is 7.06. The van der Waals surface area contributed by atoms with Crippen molar-refractivity contribution in [3.8, 4) is 0 Å². The van der Waals surface area contributed by atoms with E-state index >= 15 is 0 Å². The Kier molecular flexibility index (Phi) is 9.78. The topological polar surface area (TPSA) is 95.6 Å². The fourth-order valence-electron chi connectivity index (χ4n) is 3.67. The van der Waals surface area contributed by atoms with E-state index in [0.29, 0.717) is 26.1 Å². The lowest BCUT2D eigenvalue weighted by Crippen LogP contribution is -2.45. The molecule has 1 atom stereocenters. The molecule has 1 aliphatic rings. The van der Waals surface area contributed by atoms with Crippen molar-refractivity contribution in [1.29, 1.82) is 0 Å². The number of likely N-dealkylation sites (tertiary alicyclic amines) is 1. The van der Waals surface area contributed by atoms with Crippen LogP contribution in [0.2, 0.25) is 5.02 Å². The highest BCUT2D eigenvalue weighted by atomic mass is 35.5. The molecule has 1 unspecified atom stereocenters. The molecule has 1 aliphatic heterocycles. The van der Waals surface area contributed by atoms with E-state index in [1.165, 1.54) is 18.2 Å². The lowest BCUT2D eigenvalue weighted by Gasteiger charge is -2.32. The summed E-state index contributed by atoms with van der Waals surface area (Å²) in [5.74, 6) is -0.651. The van der Waals surface area contributed by atoms with Gasteiger partial charge in [-0.1, -0.05) is 37.8 Å². The highest BCUT2D eigenvalue weighted by Crippen LogP contribution is 2.25. The fourth-order valence-corrected chi connectivity index (χ4v) is 5.14. The molecule has 0 spiro atoms. The van der Waals surface area contributed by atoms with Crippen LogP contribution in [0.3, 0.4) is 0 Å². The molecule has 0 radical (unpaired) electrons. The van der Waals surface area contributed by atoms with Gasteiger partial charge in [-0.15, -0.1) is 0 Å². The van der Waals surface area contributed by atoms with Gasteiger partial charge < -0.3 is 10.2 Å². The average Bonchev–Trinajstić information content (AvgIpc) is 2.72. The van der Waals surface area contributed by atoms with Crippen molar-refractivity contribution in [1.82, 2.24) is 14.9 Å². The highest BCUT2D eigenvalue weighted by Gasteiger charge is 2.30. The van der Waals surface area contributed by atoms with E-state index in [0.717, 1.165) is 32.1 Å². The van der Waals surface area contributed by atoms with Gasteiger partial charge in [0.25, 0.3) is 5.91 Å². The van der Waals surface area contributed by atoms with E-state index in [9.17, 15) is 18.0 Å². The highest BCUT2D eigenvalue weighted by molar-refractivity contribution is 7.89. The summed E-state index contributed by atoms with van der Waals surface area (Å²) in [7, 11) is -3.75. The largest absolute Gasteiger partial charge is 0.356 e. The lowest BCUT2D eigenvalue weighted by molar-refractivity contribution is -0.126. The van der Waals surface area contributed by atoms with Crippen LogP contribution < -0.4 is 10.0 Å². The van der Waals surface area contributed by atoms with Crippen molar-refractivity contribution < 1.29 is 18.0 Å². The maximum atomic E-state index is 13.1. The summed E-state index contributed by atoms with van der Waals surface area (Å²) in [6.07, 6.45) is 5.79. The number of sulfonamides is 1. The second-order valence-electron chi connectivity index (χ2n) is 8.36. The van der Waals surface area contributed by atoms with Crippen LogP contribution in [0, 0.1) is 5.92 Å². The van der Waals surface area contributed by atoms with Crippen LogP contribution in [0.15, 0.2) is 23.1 Å². The third-order valence-corrected chi connectivity index (χ3v) is 7.26. The maximum Gasteiger partial charge on any atom is 0.255 e. The van der Waals surface area contributed by atoms with Crippen LogP contribution in [0.1, 0.15) is 69.7 Å². The smallest absolute Gasteiger partial charge is 0.255 e. The zero-order chi connectivity index (χ0) is 23.0. The minimum atomic E-state index is -3.75. The van der Waals surface area contributed by atoms with Crippen LogP contribution in [0.5, 0.6) is 0 Å². The summed E-state index contributed by atoms with van der Waals surface area (Å²) in [4.78, 5) is 27.2. The van der Waals surface area contributed by atoms with Gasteiger partial charge in [-0.25, -0.2) is 13.1 Å². The molecule has 0 aromatic heterocycles. The van der Waals surface area contributed by atoms with Gasteiger partial charge in [0.05, 0.1) is 21.4 Å². The van der Waals surface area contributed by atoms with Crippen LogP contribution in [0.25, 0.3) is 0 Å². The quantitative estimate of drug-likeness (QED) is 0.510. The molecule has 7 nitrogen and oxygen atoms in total. The first-order valence-electron chi connectivity index (χ1n) is 11.0. The van der Waals surface area contributed by atoms with E-state index in [-0.39, 0.29) is 39.3 Å². The number of unbranched alkanes of at least 4 members (excludes halogenated alkanes) is 3. The minimum Gasteiger partial charge on any atom is -0.356 e. The second-order valence-corrected chi connectivity index (χ2v) is 10.5. The number of piperidine rings is 1. The molecule has 2 rings (SSSR count). The van der Waals surface area contributed by atoms with Gasteiger partial charge in [-0.3, -0.25) is 9.59 Å². The predicted molar refractivity (Wildman–Crippen MR) is 123 cm³/mol. The second kappa shape index (κ2) is 11.8. The zero-order valence-electron chi connectivity index (χ0n) is 18.6. The summed E-state index contributed by atoms with van der Waals surface area (Å²) in [5.41, 5.74) is 0.133.